The van der Waals surface area contributed by atoms with E-state index in [9.17, 15) is 4.79 Å². The van der Waals surface area contributed by atoms with Gasteiger partial charge in [-0.05, 0) is 19.8 Å². The fourth-order valence-corrected chi connectivity index (χ4v) is 1.39. The Labute approximate surface area is 114 Å². The maximum absolute atomic E-state index is 11.7. The monoisotopic (exact) mass is 266 g/mol. The van der Waals surface area contributed by atoms with Gasteiger partial charge in [0, 0.05) is 12.6 Å². The largest absolute Gasteiger partial charge is 0.478 e. The molecule has 0 bridgehead atoms. The highest BCUT2D eigenvalue weighted by atomic mass is 16.5. The molecule has 1 amide bonds. The van der Waals surface area contributed by atoms with Crippen LogP contribution in [0.3, 0.4) is 0 Å². The maximum atomic E-state index is 11.7. The van der Waals surface area contributed by atoms with E-state index in [0.29, 0.717) is 24.8 Å². The number of carbonyl (C=O) groups is 1. The van der Waals surface area contributed by atoms with Gasteiger partial charge in [0.05, 0.1) is 6.61 Å². The van der Waals surface area contributed by atoms with Crippen molar-refractivity contribution < 1.29 is 9.53 Å². The molecule has 0 radical (unpaired) electrons. The Morgan fingerprint density at radius 2 is 2.16 bits per heavy atom. The van der Waals surface area contributed by atoms with E-state index in [4.69, 9.17) is 4.74 Å². The van der Waals surface area contributed by atoms with Crippen molar-refractivity contribution in [2.24, 2.45) is 0 Å². The second kappa shape index (κ2) is 8.29. The van der Waals surface area contributed by atoms with Crippen LogP contribution in [0.15, 0.2) is 12.4 Å². The van der Waals surface area contributed by atoms with Crippen LogP contribution in [0.4, 0.5) is 5.82 Å². The number of carbonyl (C=O) groups excluding carboxylic acids is 1. The third-order valence-electron chi connectivity index (χ3n) is 2.40. The highest BCUT2D eigenvalue weighted by Gasteiger charge is 2.12. The van der Waals surface area contributed by atoms with Crippen LogP contribution in [0.25, 0.3) is 0 Å². The molecule has 0 aromatic carbocycles. The summed E-state index contributed by atoms with van der Waals surface area (Å²) in [7, 11) is 0. The molecule has 6 heteroatoms. The molecule has 1 atom stereocenters. The molecule has 19 heavy (non-hydrogen) atoms. The van der Waals surface area contributed by atoms with Crippen molar-refractivity contribution in [3.63, 3.8) is 0 Å². The smallest absolute Gasteiger partial charge is 0.242 e. The summed E-state index contributed by atoms with van der Waals surface area (Å²) in [6.45, 7) is 7.13. The molecular formula is C13H22N4O2. The SMILES string of the molecule is CCCNC(=O)C(C)Nc1cc(OCCC)ncn1. The number of nitrogens with zero attached hydrogens (tertiary/aromatic N) is 2. The molecule has 0 saturated heterocycles. The minimum absolute atomic E-state index is 0.0449. The van der Waals surface area contributed by atoms with Crippen molar-refractivity contribution in [2.45, 2.75) is 39.7 Å². The van der Waals surface area contributed by atoms with Gasteiger partial charge in [0.15, 0.2) is 0 Å². The molecular weight excluding hydrogens is 244 g/mol. The number of hydrogen-bond acceptors (Lipinski definition) is 5. The first-order chi connectivity index (χ1) is 9.17. The Kier molecular flexibility index (Phi) is 6.63. The third kappa shape index (κ3) is 5.54. The number of ether oxygens (including phenoxy) is 1. The minimum atomic E-state index is -0.347. The zero-order chi connectivity index (χ0) is 14.1. The first-order valence-electron chi connectivity index (χ1n) is 6.66. The Bertz CT molecular complexity index is 398. The lowest BCUT2D eigenvalue weighted by Gasteiger charge is -2.14. The maximum Gasteiger partial charge on any atom is 0.242 e. The van der Waals surface area contributed by atoms with Crippen LogP contribution >= 0.6 is 0 Å². The van der Waals surface area contributed by atoms with Crippen molar-refractivity contribution in [3.8, 4) is 5.88 Å². The summed E-state index contributed by atoms with van der Waals surface area (Å²) in [6.07, 6.45) is 3.26. The number of amides is 1. The minimum Gasteiger partial charge on any atom is -0.478 e. The molecule has 0 fully saturated rings. The summed E-state index contributed by atoms with van der Waals surface area (Å²) in [5.74, 6) is 1.05. The zero-order valence-electron chi connectivity index (χ0n) is 11.8. The van der Waals surface area contributed by atoms with Gasteiger partial charge in [0.1, 0.15) is 18.2 Å². The van der Waals surface area contributed by atoms with E-state index in [1.165, 1.54) is 6.33 Å². The van der Waals surface area contributed by atoms with Gasteiger partial charge in [0.25, 0.3) is 0 Å². The average Bonchev–Trinajstić information content (AvgIpc) is 2.42. The lowest BCUT2D eigenvalue weighted by atomic mass is 10.3. The van der Waals surface area contributed by atoms with Crippen molar-refractivity contribution in [3.05, 3.63) is 12.4 Å². The van der Waals surface area contributed by atoms with Gasteiger partial charge in [-0.3, -0.25) is 4.79 Å². The molecule has 1 heterocycles. The molecule has 0 aliphatic carbocycles. The number of nitrogens with one attached hydrogen (secondary N) is 2. The van der Waals surface area contributed by atoms with E-state index in [1.807, 2.05) is 13.8 Å². The third-order valence-corrected chi connectivity index (χ3v) is 2.40. The topological polar surface area (TPSA) is 76.1 Å². The summed E-state index contributed by atoms with van der Waals surface area (Å²) in [4.78, 5) is 19.8. The van der Waals surface area contributed by atoms with Crippen LogP contribution in [0.5, 0.6) is 5.88 Å². The molecule has 6 nitrogen and oxygen atoms in total. The average molecular weight is 266 g/mol. The molecule has 106 valence electrons. The Balaban J connectivity index is 2.53. The summed E-state index contributed by atoms with van der Waals surface area (Å²) in [5.41, 5.74) is 0. The molecule has 2 N–H and O–H groups in total. The molecule has 1 rings (SSSR count). The highest BCUT2D eigenvalue weighted by molar-refractivity contribution is 5.83. The number of rotatable bonds is 8. The van der Waals surface area contributed by atoms with Crippen LogP contribution in [0.2, 0.25) is 0 Å². The summed E-state index contributed by atoms with van der Waals surface area (Å²) < 4.78 is 5.41. The number of hydrogen-bond donors (Lipinski definition) is 2. The molecule has 0 aliphatic rings. The Morgan fingerprint density at radius 1 is 1.37 bits per heavy atom. The van der Waals surface area contributed by atoms with E-state index in [0.717, 1.165) is 12.8 Å². The molecule has 0 spiro atoms. The number of aromatic nitrogens is 2. The van der Waals surface area contributed by atoms with Gasteiger partial charge in [-0.15, -0.1) is 0 Å². The molecule has 1 aromatic rings. The lowest BCUT2D eigenvalue weighted by Crippen LogP contribution is -2.38. The van der Waals surface area contributed by atoms with E-state index in [2.05, 4.69) is 20.6 Å². The van der Waals surface area contributed by atoms with Gasteiger partial charge in [-0.25, -0.2) is 9.97 Å². The van der Waals surface area contributed by atoms with Gasteiger partial charge < -0.3 is 15.4 Å². The van der Waals surface area contributed by atoms with Crippen molar-refractivity contribution >= 4 is 11.7 Å². The van der Waals surface area contributed by atoms with E-state index in [-0.39, 0.29) is 11.9 Å². The molecule has 0 aliphatic heterocycles. The second-order valence-electron chi connectivity index (χ2n) is 4.25. The van der Waals surface area contributed by atoms with Gasteiger partial charge in [-0.2, -0.15) is 0 Å². The lowest BCUT2D eigenvalue weighted by molar-refractivity contribution is -0.121. The predicted molar refractivity (Wildman–Crippen MR) is 74.2 cm³/mol. The first-order valence-corrected chi connectivity index (χ1v) is 6.66. The summed E-state index contributed by atoms with van der Waals surface area (Å²) in [6, 6.07) is 1.35. The summed E-state index contributed by atoms with van der Waals surface area (Å²) >= 11 is 0. The zero-order valence-corrected chi connectivity index (χ0v) is 11.8. The molecule has 0 saturated carbocycles. The first kappa shape index (κ1) is 15.2. The molecule has 1 aromatic heterocycles. The van der Waals surface area contributed by atoms with E-state index < -0.39 is 0 Å². The van der Waals surface area contributed by atoms with Crippen molar-refractivity contribution in [2.75, 3.05) is 18.5 Å². The standard InChI is InChI=1S/C13H22N4O2/c1-4-6-14-13(18)10(3)17-11-8-12(16-9-15-11)19-7-5-2/h8-10H,4-7H2,1-3H3,(H,14,18)(H,15,16,17). The van der Waals surface area contributed by atoms with Crippen molar-refractivity contribution in [1.82, 2.24) is 15.3 Å². The van der Waals surface area contributed by atoms with Gasteiger partial charge in [0.2, 0.25) is 11.8 Å². The van der Waals surface area contributed by atoms with Crippen LogP contribution in [-0.2, 0) is 4.79 Å². The van der Waals surface area contributed by atoms with Crippen molar-refractivity contribution in [1.29, 1.82) is 0 Å². The van der Waals surface area contributed by atoms with Crippen LogP contribution < -0.4 is 15.4 Å². The fourth-order valence-electron chi connectivity index (χ4n) is 1.39. The predicted octanol–water partition coefficient (Wildman–Crippen LogP) is 1.59. The van der Waals surface area contributed by atoms with E-state index in [1.54, 1.807) is 13.0 Å². The normalized spacial score (nSPS) is 11.7. The van der Waals surface area contributed by atoms with Gasteiger partial charge >= 0.3 is 0 Å². The number of anilines is 1. The molecule has 1 unspecified atom stereocenters. The highest BCUT2D eigenvalue weighted by Crippen LogP contribution is 2.12. The Hall–Kier alpha value is -1.85. The van der Waals surface area contributed by atoms with Crippen LogP contribution in [-0.4, -0.2) is 35.1 Å². The van der Waals surface area contributed by atoms with Crippen LogP contribution in [0, 0.1) is 0 Å². The fraction of sp³-hybridized carbons (Fsp3) is 0.615. The van der Waals surface area contributed by atoms with Crippen LogP contribution in [0.1, 0.15) is 33.6 Å². The second-order valence-corrected chi connectivity index (χ2v) is 4.25. The van der Waals surface area contributed by atoms with E-state index >= 15 is 0 Å². The quantitative estimate of drug-likeness (QED) is 0.747. The summed E-state index contributed by atoms with van der Waals surface area (Å²) in [5, 5.41) is 5.85. The van der Waals surface area contributed by atoms with Gasteiger partial charge in [-0.1, -0.05) is 13.8 Å². The Morgan fingerprint density at radius 3 is 2.84 bits per heavy atom.